The summed E-state index contributed by atoms with van der Waals surface area (Å²) in [5, 5.41) is 4.19. The number of hydrogen-bond acceptors (Lipinski definition) is 2. The van der Waals surface area contributed by atoms with E-state index in [9.17, 15) is 0 Å². The van der Waals surface area contributed by atoms with Crippen molar-refractivity contribution in [3.63, 3.8) is 0 Å². The van der Waals surface area contributed by atoms with Gasteiger partial charge >= 0.3 is 0 Å². The maximum atomic E-state index is 5.99. The van der Waals surface area contributed by atoms with E-state index in [1.165, 1.54) is 17.7 Å². The van der Waals surface area contributed by atoms with Crippen molar-refractivity contribution in [2.45, 2.75) is 18.9 Å². The Morgan fingerprint density at radius 1 is 1.69 bits per heavy atom. The molecule has 1 nitrogen and oxygen atoms in total. The molecule has 13 heavy (non-hydrogen) atoms. The topological polar surface area (TPSA) is 12.0 Å². The van der Waals surface area contributed by atoms with E-state index >= 15 is 0 Å². The highest BCUT2D eigenvalue weighted by Gasteiger charge is 2.32. The normalized spacial score (nSPS) is 19.0. The van der Waals surface area contributed by atoms with Gasteiger partial charge in [0.25, 0.3) is 0 Å². The van der Waals surface area contributed by atoms with Crippen LogP contribution in [0.25, 0.3) is 0 Å². The summed E-state index contributed by atoms with van der Waals surface area (Å²) in [5.41, 5.74) is 0. The standard InChI is InChI=1S/C9H11BrClNS/c1-12-8(5-2-3-5)7-4-6(11)9(10)13-7/h4-5,8,12H,2-3H2,1H3. The monoisotopic (exact) mass is 279 g/mol. The van der Waals surface area contributed by atoms with Gasteiger partial charge < -0.3 is 5.32 Å². The van der Waals surface area contributed by atoms with E-state index in [-0.39, 0.29) is 0 Å². The third kappa shape index (κ3) is 2.09. The molecule has 4 heteroatoms. The van der Waals surface area contributed by atoms with Gasteiger partial charge in [-0.25, -0.2) is 0 Å². The molecule has 1 aromatic rings. The Morgan fingerprint density at radius 3 is 2.77 bits per heavy atom. The van der Waals surface area contributed by atoms with Gasteiger partial charge in [-0.2, -0.15) is 0 Å². The number of rotatable bonds is 3. The van der Waals surface area contributed by atoms with Gasteiger partial charge in [-0.3, -0.25) is 0 Å². The molecule has 1 atom stereocenters. The Hall–Kier alpha value is 0.430. The Labute approximate surface area is 95.6 Å². The first kappa shape index (κ1) is 9.97. The Kier molecular flexibility index (Phi) is 2.98. The molecule has 0 saturated heterocycles. The van der Waals surface area contributed by atoms with Crippen molar-refractivity contribution in [1.82, 2.24) is 5.32 Å². The highest BCUT2D eigenvalue weighted by atomic mass is 79.9. The van der Waals surface area contributed by atoms with Gasteiger partial charge in [-0.15, -0.1) is 11.3 Å². The maximum absolute atomic E-state index is 5.99. The predicted octanol–water partition coefficient (Wildman–Crippen LogP) is 3.83. The molecule has 72 valence electrons. The molecule has 0 aliphatic heterocycles. The van der Waals surface area contributed by atoms with Crippen LogP contribution in [0.3, 0.4) is 0 Å². The van der Waals surface area contributed by atoms with E-state index in [0.717, 1.165) is 14.7 Å². The smallest absolute Gasteiger partial charge is 0.0887 e. The van der Waals surface area contributed by atoms with Gasteiger partial charge in [0.2, 0.25) is 0 Å². The zero-order valence-electron chi connectivity index (χ0n) is 7.31. The molecule has 0 spiro atoms. The summed E-state index contributed by atoms with van der Waals surface area (Å²) in [6.45, 7) is 0. The summed E-state index contributed by atoms with van der Waals surface area (Å²) >= 11 is 11.2. The lowest BCUT2D eigenvalue weighted by molar-refractivity contribution is 0.537. The first-order chi connectivity index (χ1) is 6.22. The van der Waals surface area contributed by atoms with Crippen LogP contribution in [0.1, 0.15) is 23.8 Å². The van der Waals surface area contributed by atoms with E-state index < -0.39 is 0 Å². The summed E-state index contributed by atoms with van der Waals surface area (Å²) in [6, 6.07) is 2.57. The first-order valence-corrected chi connectivity index (χ1v) is 6.33. The summed E-state index contributed by atoms with van der Waals surface area (Å²) in [7, 11) is 2.02. The van der Waals surface area contributed by atoms with Gasteiger partial charge in [0, 0.05) is 10.9 Å². The zero-order chi connectivity index (χ0) is 9.42. The lowest BCUT2D eigenvalue weighted by Crippen LogP contribution is -2.16. The Balaban J connectivity index is 2.21. The molecule has 1 fully saturated rings. The van der Waals surface area contributed by atoms with E-state index in [0.29, 0.717) is 6.04 Å². The van der Waals surface area contributed by atoms with Crippen molar-refractivity contribution in [1.29, 1.82) is 0 Å². The minimum atomic E-state index is 0.508. The molecule has 1 saturated carbocycles. The minimum Gasteiger partial charge on any atom is -0.312 e. The van der Waals surface area contributed by atoms with Crippen LogP contribution in [0.2, 0.25) is 5.02 Å². The fourth-order valence-corrected chi connectivity index (χ4v) is 3.51. The molecule has 1 aliphatic rings. The number of nitrogens with one attached hydrogen (secondary N) is 1. The lowest BCUT2D eigenvalue weighted by Gasteiger charge is -2.12. The summed E-state index contributed by atoms with van der Waals surface area (Å²) < 4.78 is 1.05. The molecule has 1 heterocycles. The number of hydrogen-bond donors (Lipinski definition) is 1. The summed E-state index contributed by atoms with van der Waals surface area (Å²) in [5.74, 6) is 0.826. The first-order valence-electron chi connectivity index (χ1n) is 4.34. The van der Waals surface area contributed by atoms with Crippen molar-refractivity contribution >= 4 is 38.9 Å². The van der Waals surface area contributed by atoms with Gasteiger partial charge in [0.15, 0.2) is 0 Å². The van der Waals surface area contributed by atoms with Gasteiger partial charge in [0.05, 0.1) is 8.81 Å². The SMILES string of the molecule is CNC(c1cc(Cl)c(Br)s1)C1CC1. The molecule has 2 rings (SSSR count). The van der Waals surface area contributed by atoms with E-state index in [4.69, 9.17) is 11.6 Å². The van der Waals surface area contributed by atoms with E-state index in [1.807, 2.05) is 7.05 Å². The predicted molar refractivity (Wildman–Crippen MR) is 61.6 cm³/mol. The largest absolute Gasteiger partial charge is 0.312 e. The second-order valence-electron chi connectivity index (χ2n) is 3.37. The van der Waals surface area contributed by atoms with Crippen LogP contribution < -0.4 is 5.32 Å². The van der Waals surface area contributed by atoms with Crippen LogP contribution in [0.4, 0.5) is 0 Å². The molecule has 1 unspecified atom stereocenters. The second-order valence-corrected chi connectivity index (χ2v) is 6.18. The van der Waals surface area contributed by atoms with Crippen molar-refractivity contribution in [3.8, 4) is 0 Å². The third-order valence-corrected chi connectivity index (χ3v) is 4.93. The van der Waals surface area contributed by atoms with Gasteiger partial charge in [0.1, 0.15) is 0 Å². The highest BCUT2D eigenvalue weighted by molar-refractivity contribution is 9.11. The molecule has 0 aromatic carbocycles. The van der Waals surface area contributed by atoms with Crippen molar-refractivity contribution in [3.05, 3.63) is 19.8 Å². The quantitative estimate of drug-likeness (QED) is 0.887. The van der Waals surface area contributed by atoms with Crippen LogP contribution in [0.5, 0.6) is 0 Å². The van der Waals surface area contributed by atoms with Crippen molar-refractivity contribution in [2.24, 2.45) is 5.92 Å². The third-order valence-electron chi connectivity index (χ3n) is 2.38. The lowest BCUT2D eigenvalue weighted by atomic mass is 10.1. The summed E-state index contributed by atoms with van der Waals surface area (Å²) in [4.78, 5) is 1.35. The molecule has 1 N–H and O–H groups in total. The van der Waals surface area contributed by atoms with Crippen molar-refractivity contribution in [2.75, 3.05) is 7.05 Å². The fourth-order valence-electron chi connectivity index (χ4n) is 1.56. The average molecular weight is 281 g/mol. The highest BCUT2D eigenvalue weighted by Crippen LogP contribution is 2.45. The molecule has 0 radical (unpaired) electrons. The van der Waals surface area contributed by atoms with Crippen molar-refractivity contribution < 1.29 is 0 Å². The number of halogens is 2. The van der Waals surface area contributed by atoms with Gasteiger partial charge in [-0.05, 0) is 47.8 Å². The Morgan fingerprint density at radius 2 is 2.38 bits per heavy atom. The molecular formula is C9H11BrClNS. The van der Waals surface area contributed by atoms with Crippen LogP contribution in [0, 0.1) is 5.92 Å². The molecule has 1 aliphatic carbocycles. The number of thiophene rings is 1. The average Bonchev–Trinajstić information content (AvgIpc) is 2.84. The molecule has 1 aromatic heterocycles. The zero-order valence-corrected chi connectivity index (χ0v) is 10.5. The van der Waals surface area contributed by atoms with E-state index in [2.05, 4.69) is 27.3 Å². The molecule has 0 bridgehead atoms. The fraction of sp³-hybridized carbons (Fsp3) is 0.556. The van der Waals surface area contributed by atoms with Crippen LogP contribution >= 0.6 is 38.9 Å². The van der Waals surface area contributed by atoms with E-state index in [1.54, 1.807) is 11.3 Å². The molecular weight excluding hydrogens is 270 g/mol. The van der Waals surface area contributed by atoms with Crippen LogP contribution in [0.15, 0.2) is 9.85 Å². The maximum Gasteiger partial charge on any atom is 0.0887 e. The minimum absolute atomic E-state index is 0.508. The van der Waals surface area contributed by atoms with Crippen LogP contribution in [-0.2, 0) is 0 Å². The second kappa shape index (κ2) is 3.89. The van der Waals surface area contributed by atoms with Crippen LogP contribution in [-0.4, -0.2) is 7.05 Å². The Bertz CT molecular complexity index is 289. The van der Waals surface area contributed by atoms with Gasteiger partial charge in [-0.1, -0.05) is 11.6 Å². The molecule has 0 amide bonds. The summed E-state index contributed by atoms with van der Waals surface area (Å²) in [6.07, 6.45) is 2.69.